The Morgan fingerprint density at radius 2 is 1.61 bits per heavy atom. The predicted molar refractivity (Wildman–Crippen MR) is 172 cm³/mol. The van der Waals surface area contributed by atoms with Crippen LogP contribution in [0.2, 0.25) is 0 Å². The molecule has 1 aromatic heterocycles. The normalized spacial score (nSPS) is 16.6. The summed E-state index contributed by atoms with van der Waals surface area (Å²) in [6.45, 7) is 4.35. The molecule has 2 N–H and O–H groups in total. The Bertz CT molecular complexity index is 2020. The lowest BCUT2D eigenvalue weighted by Gasteiger charge is -2.35. The highest BCUT2D eigenvalue weighted by atomic mass is 19.1. The van der Waals surface area contributed by atoms with E-state index in [1.807, 2.05) is 37.6 Å². The molecule has 5 aromatic rings. The first-order chi connectivity index (χ1) is 22.1. The van der Waals surface area contributed by atoms with E-state index in [0.29, 0.717) is 63.9 Å². The molecule has 3 heterocycles. The number of anilines is 2. The average Bonchev–Trinajstić information content (AvgIpc) is 3.64. The summed E-state index contributed by atoms with van der Waals surface area (Å²) >= 11 is 0. The van der Waals surface area contributed by atoms with Crippen molar-refractivity contribution in [3.05, 3.63) is 125 Å². The number of ketones is 1. The van der Waals surface area contributed by atoms with Crippen LogP contribution in [0, 0.1) is 12.7 Å². The minimum absolute atomic E-state index is 0.0400. The molecule has 2 aliphatic rings. The SMILES string of the molecule is Cc1c(C(=O)N(c2ccc(O)cc2)c2cccc(F)c2)cc(-c2cc3c(cc2C(=O)[C@@]2(C)Cc4ccccc4CN2)OCO3)n1C. The number of ether oxygens (including phenoxy) is 2. The van der Waals surface area contributed by atoms with E-state index in [4.69, 9.17) is 9.47 Å². The summed E-state index contributed by atoms with van der Waals surface area (Å²) in [7, 11) is 1.84. The Balaban J connectivity index is 1.33. The number of hydrogen-bond acceptors (Lipinski definition) is 6. The maximum atomic E-state index is 14.5. The van der Waals surface area contributed by atoms with Crippen molar-refractivity contribution in [2.75, 3.05) is 11.7 Å². The smallest absolute Gasteiger partial charge is 0.264 e. The lowest BCUT2D eigenvalue weighted by atomic mass is 9.79. The summed E-state index contributed by atoms with van der Waals surface area (Å²) in [5, 5.41) is 13.4. The Morgan fingerprint density at radius 1 is 0.891 bits per heavy atom. The number of nitrogens with one attached hydrogen (secondary N) is 1. The van der Waals surface area contributed by atoms with Gasteiger partial charge in [0.05, 0.1) is 16.8 Å². The fraction of sp³-hybridized carbons (Fsp3) is 0.189. The van der Waals surface area contributed by atoms with E-state index in [-0.39, 0.29) is 18.3 Å². The third kappa shape index (κ3) is 4.98. The first-order valence-corrected chi connectivity index (χ1v) is 15.0. The summed E-state index contributed by atoms with van der Waals surface area (Å²) in [6, 6.07) is 25.3. The van der Waals surface area contributed by atoms with Crippen molar-refractivity contribution in [1.29, 1.82) is 0 Å². The molecule has 0 unspecified atom stereocenters. The zero-order chi connectivity index (χ0) is 32.2. The van der Waals surface area contributed by atoms with E-state index < -0.39 is 17.3 Å². The molecule has 1 amide bonds. The van der Waals surface area contributed by atoms with Gasteiger partial charge in [-0.25, -0.2) is 4.39 Å². The van der Waals surface area contributed by atoms with Gasteiger partial charge < -0.3 is 24.5 Å². The molecular formula is C37H32FN3O5. The van der Waals surface area contributed by atoms with Crippen molar-refractivity contribution in [3.8, 4) is 28.5 Å². The highest BCUT2D eigenvalue weighted by Gasteiger charge is 2.39. The van der Waals surface area contributed by atoms with Gasteiger partial charge in [-0.15, -0.1) is 0 Å². The number of benzene rings is 4. The molecular weight excluding hydrogens is 585 g/mol. The van der Waals surface area contributed by atoms with E-state index in [1.165, 1.54) is 35.2 Å². The fourth-order valence-electron chi connectivity index (χ4n) is 6.33. The maximum Gasteiger partial charge on any atom is 0.264 e. The van der Waals surface area contributed by atoms with E-state index in [1.54, 1.807) is 36.4 Å². The molecule has 0 spiro atoms. The van der Waals surface area contributed by atoms with Crippen LogP contribution in [0.25, 0.3) is 11.3 Å². The zero-order valence-electron chi connectivity index (χ0n) is 25.6. The quantitative estimate of drug-likeness (QED) is 0.203. The van der Waals surface area contributed by atoms with Gasteiger partial charge in [-0.1, -0.05) is 30.3 Å². The molecule has 8 nitrogen and oxygen atoms in total. The predicted octanol–water partition coefficient (Wildman–Crippen LogP) is 6.84. The maximum absolute atomic E-state index is 14.5. The Labute approximate surface area is 265 Å². The van der Waals surface area contributed by atoms with Crippen molar-refractivity contribution in [3.63, 3.8) is 0 Å². The summed E-state index contributed by atoms with van der Waals surface area (Å²) in [4.78, 5) is 30.3. The van der Waals surface area contributed by atoms with Crippen molar-refractivity contribution in [2.45, 2.75) is 32.4 Å². The number of aromatic nitrogens is 1. The molecule has 1 atom stereocenters. The van der Waals surface area contributed by atoms with Crippen molar-refractivity contribution >= 4 is 23.1 Å². The van der Waals surface area contributed by atoms with Crippen LogP contribution in [0.4, 0.5) is 15.8 Å². The van der Waals surface area contributed by atoms with E-state index in [2.05, 4.69) is 17.4 Å². The van der Waals surface area contributed by atoms with Crippen LogP contribution in [0.5, 0.6) is 17.2 Å². The number of rotatable bonds is 6. The highest BCUT2D eigenvalue weighted by Crippen LogP contribution is 2.42. The summed E-state index contributed by atoms with van der Waals surface area (Å²) in [5.41, 5.74) is 4.86. The molecule has 7 rings (SSSR count). The van der Waals surface area contributed by atoms with Crippen LogP contribution in [-0.4, -0.2) is 33.7 Å². The van der Waals surface area contributed by atoms with E-state index >= 15 is 0 Å². The molecule has 46 heavy (non-hydrogen) atoms. The molecule has 0 aliphatic carbocycles. The van der Waals surface area contributed by atoms with Crippen LogP contribution in [-0.2, 0) is 20.0 Å². The van der Waals surface area contributed by atoms with E-state index in [9.17, 15) is 19.1 Å². The van der Waals surface area contributed by atoms with Gasteiger partial charge in [0.15, 0.2) is 17.3 Å². The molecule has 0 saturated carbocycles. The topological polar surface area (TPSA) is 93.0 Å². The van der Waals surface area contributed by atoms with E-state index in [0.717, 1.165) is 11.1 Å². The van der Waals surface area contributed by atoms with Crippen molar-refractivity contribution in [2.24, 2.45) is 7.05 Å². The second kappa shape index (κ2) is 11.2. The number of carbonyl (C=O) groups excluding carboxylic acids is 2. The second-order valence-corrected chi connectivity index (χ2v) is 11.9. The number of carbonyl (C=O) groups is 2. The molecule has 0 fully saturated rings. The van der Waals surface area contributed by atoms with Gasteiger partial charge in [0, 0.05) is 41.8 Å². The third-order valence-corrected chi connectivity index (χ3v) is 9.01. The number of phenols is 1. The first kappa shape index (κ1) is 29.3. The molecule has 9 heteroatoms. The van der Waals surface area contributed by atoms with Gasteiger partial charge in [-0.05, 0) is 92.1 Å². The zero-order valence-corrected chi connectivity index (χ0v) is 25.6. The van der Waals surface area contributed by atoms with Gasteiger partial charge in [0.25, 0.3) is 5.91 Å². The van der Waals surface area contributed by atoms with Gasteiger partial charge in [0.1, 0.15) is 11.6 Å². The van der Waals surface area contributed by atoms with Crippen LogP contribution < -0.4 is 19.7 Å². The first-order valence-electron chi connectivity index (χ1n) is 15.0. The minimum Gasteiger partial charge on any atom is -0.508 e. The minimum atomic E-state index is -0.886. The van der Waals surface area contributed by atoms with Gasteiger partial charge in [-0.3, -0.25) is 14.5 Å². The van der Waals surface area contributed by atoms with Crippen LogP contribution in [0.1, 0.15) is 44.5 Å². The number of Topliss-reactive ketones (excluding diaryl/α,β-unsaturated/α-hetero) is 1. The van der Waals surface area contributed by atoms with Gasteiger partial charge >= 0.3 is 0 Å². The number of fused-ring (bicyclic) bond motifs is 2. The standard InChI is InChI=1S/C37H32FN3O5/c1-22-29(36(44)41(26-11-13-28(42)14-12-26)27-10-6-9-25(38)15-27)16-32(40(22)3)30-17-33-34(46-21-45-33)18-31(30)35(43)37(2)19-23-7-4-5-8-24(23)20-39-37/h4-18,39,42H,19-21H2,1-3H3/t37-/m1/s1. The molecule has 2 aliphatic heterocycles. The number of nitrogens with zero attached hydrogens (tertiary/aromatic N) is 2. The summed E-state index contributed by atoms with van der Waals surface area (Å²) in [6.07, 6.45) is 0.515. The van der Waals surface area contributed by atoms with Gasteiger partial charge in [-0.2, -0.15) is 0 Å². The van der Waals surface area contributed by atoms with Gasteiger partial charge in [0.2, 0.25) is 6.79 Å². The second-order valence-electron chi connectivity index (χ2n) is 11.9. The fourth-order valence-corrected chi connectivity index (χ4v) is 6.33. The van der Waals surface area contributed by atoms with Crippen LogP contribution in [0.3, 0.4) is 0 Å². The Hall–Kier alpha value is -5.41. The van der Waals surface area contributed by atoms with Crippen molar-refractivity contribution < 1.29 is 28.6 Å². The van der Waals surface area contributed by atoms with Crippen molar-refractivity contribution in [1.82, 2.24) is 9.88 Å². The molecule has 0 saturated heterocycles. The number of amides is 1. The summed E-state index contributed by atoms with van der Waals surface area (Å²) < 4.78 is 27.7. The average molecular weight is 618 g/mol. The highest BCUT2D eigenvalue weighted by molar-refractivity contribution is 6.13. The van der Waals surface area contributed by atoms with Crippen LogP contribution in [0.15, 0.2) is 91.0 Å². The number of phenolic OH excluding ortho intramolecular Hbond substituents is 1. The monoisotopic (exact) mass is 617 g/mol. The lowest BCUT2D eigenvalue weighted by Crippen LogP contribution is -2.53. The Morgan fingerprint density at radius 3 is 2.35 bits per heavy atom. The molecule has 0 radical (unpaired) electrons. The molecule has 232 valence electrons. The molecule has 4 aromatic carbocycles. The summed E-state index contributed by atoms with van der Waals surface area (Å²) in [5.74, 6) is 0.0395. The van der Waals surface area contributed by atoms with Crippen LogP contribution >= 0.6 is 0 Å². The number of aromatic hydroxyl groups is 1. The third-order valence-electron chi connectivity index (χ3n) is 9.01. The number of hydrogen-bond donors (Lipinski definition) is 2. The molecule has 0 bridgehead atoms. The lowest BCUT2D eigenvalue weighted by molar-refractivity contribution is 0.0856. The number of halogens is 1. The Kier molecular flexibility index (Phi) is 7.13. The largest absolute Gasteiger partial charge is 0.508 e.